The molecule has 1 fully saturated rings. The fourth-order valence-electron chi connectivity index (χ4n) is 3.20. The lowest BCUT2D eigenvalue weighted by Crippen LogP contribution is -2.49. The van der Waals surface area contributed by atoms with Gasteiger partial charge in [-0.15, -0.1) is 11.3 Å². The highest BCUT2D eigenvalue weighted by atomic mass is 35.5. The van der Waals surface area contributed by atoms with Gasteiger partial charge in [0.15, 0.2) is 0 Å². The third-order valence-electron chi connectivity index (χ3n) is 4.05. The Morgan fingerprint density at radius 3 is 2.95 bits per heavy atom. The van der Waals surface area contributed by atoms with Crippen LogP contribution in [-0.4, -0.2) is 23.4 Å². The van der Waals surface area contributed by atoms with Crippen LogP contribution in [0.25, 0.3) is 0 Å². The van der Waals surface area contributed by atoms with Gasteiger partial charge in [-0.25, -0.2) is 0 Å². The fourth-order valence-corrected chi connectivity index (χ4v) is 4.32. The number of aliphatic hydroxyl groups is 1. The standard InChI is InChI=1S/C15H23ClO2S/c1-3-18-15(8-4-5-11(2)10-15)13(17)9-12-6-7-14(16)19-12/h6-7,11,13,17H,3-5,8-10H2,1-2H3. The van der Waals surface area contributed by atoms with Gasteiger partial charge >= 0.3 is 0 Å². The van der Waals surface area contributed by atoms with Gasteiger partial charge in [0.25, 0.3) is 0 Å². The number of rotatable bonds is 5. The number of aliphatic hydroxyl groups excluding tert-OH is 1. The van der Waals surface area contributed by atoms with E-state index in [1.54, 1.807) is 11.3 Å². The van der Waals surface area contributed by atoms with Gasteiger partial charge in [0.2, 0.25) is 0 Å². The molecule has 1 heterocycles. The molecule has 0 spiro atoms. The maximum Gasteiger partial charge on any atom is 0.0946 e. The molecule has 3 atom stereocenters. The second-order valence-electron chi connectivity index (χ2n) is 5.63. The van der Waals surface area contributed by atoms with Gasteiger partial charge in [-0.3, -0.25) is 0 Å². The van der Waals surface area contributed by atoms with E-state index in [-0.39, 0.29) is 5.60 Å². The van der Waals surface area contributed by atoms with Gasteiger partial charge in [0.1, 0.15) is 0 Å². The molecular weight excluding hydrogens is 280 g/mol. The molecular formula is C15H23ClO2S. The van der Waals surface area contributed by atoms with Gasteiger partial charge in [0.05, 0.1) is 16.0 Å². The Morgan fingerprint density at radius 1 is 1.58 bits per heavy atom. The van der Waals surface area contributed by atoms with Crippen molar-refractivity contribution < 1.29 is 9.84 Å². The van der Waals surface area contributed by atoms with Crippen molar-refractivity contribution in [2.45, 2.75) is 57.7 Å². The third-order valence-corrected chi connectivity index (χ3v) is 5.31. The van der Waals surface area contributed by atoms with Crippen LogP contribution in [0.4, 0.5) is 0 Å². The van der Waals surface area contributed by atoms with Gasteiger partial charge in [0, 0.05) is 17.9 Å². The summed E-state index contributed by atoms with van der Waals surface area (Å²) >= 11 is 7.50. The van der Waals surface area contributed by atoms with Crippen LogP contribution in [0, 0.1) is 5.92 Å². The first-order valence-electron chi connectivity index (χ1n) is 7.12. The van der Waals surface area contributed by atoms with E-state index >= 15 is 0 Å². The average Bonchev–Trinajstić information content (AvgIpc) is 2.75. The van der Waals surface area contributed by atoms with E-state index in [0.717, 1.165) is 28.5 Å². The Hall–Kier alpha value is -0.0900. The summed E-state index contributed by atoms with van der Waals surface area (Å²) < 4.78 is 6.79. The van der Waals surface area contributed by atoms with Crippen LogP contribution in [0.2, 0.25) is 4.34 Å². The summed E-state index contributed by atoms with van der Waals surface area (Å²) in [6.07, 6.45) is 4.51. The first-order chi connectivity index (χ1) is 9.05. The third kappa shape index (κ3) is 3.72. The molecule has 0 aromatic carbocycles. The van der Waals surface area contributed by atoms with Crippen LogP contribution in [0.1, 0.15) is 44.4 Å². The smallest absolute Gasteiger partial charge is 0.0946 e. The van der Waals surface area contributed by atoms with Crippen LogP contribution in [0.3, 0.4) is 0 Å². The minimum absolute atomic E-state index is 0.358. The number of thiophene rings is 1. The second kappa shape index (κ2) is 6.57. The van der Waals surface area contributed by atoms with Crippen molar-refractivity contribution in [2.24, 2.45) is 5.92 Å². The predicted octanol–water partition coefficient (Wildman–Crippen LogP) is 4.29. The lowest BCUT2D eigenvalue weighted by Gasteiger charge is -2.43. The zero-order valence-electron chi connectivity index (χ0n) is 11.7. The maximum absolute atomic E-state index is 10.7. The fraction of sp³-hybridized carbons (Fsp3) is 0.733. The Kier molecular flexibility index (Phi) is 5.29. The number of hydrogen-bond acceptors (Lipinski definition) is 3. The monoisotopic (exact) mass is 302 g/mol. The lowest BCUT2D eigenvalue weighted by molar-refractivity contribution is -0.146. The molecule has 1 aliphatic carbocycles. The van der Waals surface area contributed by atoms with E-state index in [2.05, 4.69) is 6.92 Å². The maximum atomic E-state index is 10.7. The van der Waals surface area contributed by atoms with E-state index in [1.807, 2.05) is 19.1 Å². The largest absolute Gasteiger partial charge is 0.390 e. The molecule has 1 aromatic heterocycles. The van der Waals surface area contributed by atoms with Crippen molar-refractivity contribution in [1.29, 1.82) is 0 Å². The zero-order chi connectivity index (χ0) is 13.9. The van der Waals surface area contributed by atoms with Crippen molar-refractivity contribution >= 4 is 22.9 Å². The molecule has 1 aliphatic rings. The van der Waals surface area contributed by atoms with Crippen molar-refractivity contribution in [2.75, 3.05) is 6.61 Å². The number of hydrogen-bond donors (Lipinski definition) is 1. The summed E-state index contributed by atoms with van der Waals surface area (Å²) in [7, 11) is 0. The van der Waals surface area contributed by atoms with Crippen LogP contribution in [0.15, 0.2) is 12.1 Å². The first kappa shape index (κ1) is 15.3. The van der Waals surface area contributed by atoms with Crippen molar-refractivity contribution in [3.8, 4) is 0 Å². The van der Waals surface area contributed by atoms with Crippen LogP contribution in [-0.2, 0) is 11.2 Å². The zero-order valence-corrected chi connectivity index (χ0v) is 13.3. The molecule has 2 rings (SSSR count). The van der Waals surface area contributed by atoms with Crippen LogP contribution < -0.4 is 0 Å². The van der Waals surface area contributed by atoms with E-state index in [0.29, 0.717) is 18.9 Å². The van der Waals surface area contributed by atoms with E-state index in [4.69, 9.17) is 16.3 Å². The molecule has 3 unspecified atom stereocenters. The van der Waals surface area contributed by atoms with Gasteiger partial charge in [-0.1, -0.05) is 31.4 Å². The van der Waals surface area contributed by atoms with Crippen molar-refractivity contribution in [3.63, 3.8) is 0 Å². The highest BCUT2D eigenvalue weighted by Gasteiger charge is 2.42. The van der Waals surface area contributed by atoms with E-state index in [9.17, 15) is 5.11 Å². The summed E-state index contributed by atoms with van der Waals surface area (Å²) in [5, 5.41) is 10.7. The molecule has 0 radical (unpaired) electrons. The van der Waals surface area contributed by atoms with E-state index < -0.39 is 6.10 Å². The SMILES string of the molecule is CCOC1(C(O)Cc2ccc(Cl)s2)CCCC(C)C1. The molecule has 4 heteroatoms. The molecule has 1 saturated carbocycles. The van der Waals surface area contributed by atoms with Gasteiger partial charge in [-0.2, -0.15) is 0 Å². The quantitative estimate of drug-likeness (QED) is 0.879. The molecule has 2 nitrogen and oxygen atoms in total. The Morgan fingerprint density at radius 2 is 2.37 bits per heavy atom. The first-order valence-corrected chi connectivity index (χ1v) is 8.31. The molecule has 19 heavy (non-hydrogen) atoms. The Balaban J connectivity index is 2.09. The highest BCUT2D eigenvalue weighted by molar-refractivity contribution is 7.16. The average molecular weight is 303 g/mol. The molecule has 1 aromatic rings. The predicted molar refractivity (Wildman–Crippen MR) is 81.0 cm³/mol. The summed E-state index contributed by atoms with van der Waals surface area (Å²) in [5.74, 6) is 0.627. The molecule has 0 aliphatic heterocycles. The van der Waals surface area contributed by atoms with E-state index in [1.165, 1.54) is 6.42 Å². The van der Waals surface area contributed by atoms with Crippen molar-refractivity contribution in [3.05, 3.63) is 21.3 Å². The minimum Gasteiger partial charge on any atom is -0.390 e. The van der Waals surface area contributed by atoms with Gasteiger partial charge in [-0.05, 0) is 37.8 Å². The number of ether oxygens (including phenoxy) is 1. The minimum atomic E-state index is -0.440. The Bertz CT molecular complexity index is 403. The van der Waals surface area contributed by atoms with Crippen molar-refractivity contribution in [1.82, 2.24) is 0 Å². The van der Waals surface area contributed by atoms with Gasteiger partial charge < -0.3 is 9.84 Å². The van der Waals surface area contributed by atoms with Crippen LogP contribution >= 0.6 is 22.9 Å². The summed E-state index contributed by atoms with van der Waals surface area (Å²) in [6, 6.07) is 3.90. The topological polar surface area (TPSA) is 29.5 Å². The normalized spacial score (nSPS) is 29.4. The summed E-state index contributed by atoms with van der Waals surface area (Å²) in [4.78, 5) is 1.13. The number of halogens is 1. The second-order valence-corrected chi connectivity index (χ2v) is 7.42. The highest BCUT2D eigenvalue weighted by Crippen LogP contribution is 2.39. The Labute approximate surface area is 124 Å². The summed E-state index contributed by atoms with van der Waals surface area (Å²) in [6.45, 7) is 4.92. The molecule has 0 amide bonds. The molecule has 108 valence electrons. The molecule has 0 bridgehead atoms. The molecule has 1 N–H and O–H groups in total. The van der Waals surface area contributed by atoms with Crippen LogP contribution in [0.5, 0.6) is 0 Å². The lowest BCUT2D eigenvalue weighted by atomic mass is 9.74. The summed E-state index contributed by atoms with van der Waals surface area (Å²) in [5.41, 5.74) is -0.358. The molecule has 0 saturated heterocycles.